The summed E-state index contributed by atoms with van der Waals surface area (Å²) in [6.45, 7) is 21.1. The van der Waals surface area contributed by atoms with Crippen molar-refractivity contribution in [3.63, 3.8) is 0 Å². The van der Waals surface area contributed by atoms with Gasteiger partial charge in [-0.25, -0.2) is 4.98 Å². The van der Waals surface area contributed by atoms with Gasteiger partial charge in [-0.1, -0.05) is 130 Å². The number of rotatable bonds is 24. The number of fused-ring (bicyclic) bond motifs is 1. The average Bonchev–Trinajstić information content (AvgIpc) is 3.83. The lowest BCUT2D eigenvalue weighted by Gasteiger charge is -2.23. The molecule has 0 spiro atoms. The molecular formula is C42H70N6O13P2S4. The maximum atomic E-state index is 14.2. The van der Waals surface area contributed by atoms with E-state index in [0.29, 0.717) is 0 Å². The number of H-pyrrole nitrogens is 1. The van der Waals surface area contributed by atoms with Gasteiger partial charge in [-0.15, -0.1) is 0 Å². The summed E-state index contributed by atoms with van der Waals surface area (Å²) in [6, 6.07) is -0.683. The van der Waals surface area contributed by atoms with Crippen LogP contribution in [0, 0.1) is 21.7 Å². The molecule has 67 heavy (non-hydrogen) atoms. The number of hydrogen-bond donors (Lipinski definition) is 2. The number of carbonyl (C=O) groups excluding carboxylic acids is 5. The fraction of sp³-hybridized carbons (Fsp3) is 0.762. The van der Waals surface area contributed by atoms with E-state index >= 15 is 0 Å². The van der Waals surface area contributed by atoms with E-state index in [2.05, 4.69) is 15.0 Å². The van der Waals surface area contributed by atoms with Gasteiger partial charge >= 0.3 is 15.2 Å². The molecule has 2 atom stereocenters. The highest BCUT2D eigenvalue weighted by Crippen LogP contribution is 2.50. The SMILES string of the molecule is CC(C)(C)C(=O)SCCOP(=O)(CCO[C@@H]1CN(C(=O)CCP(=O)(OCCSC(=O)C(C)(C)C)OCCSC(=O)C(C)(C)C)CC1n1cnc2c(=O)[nH]c(N)nc21)OCCSC(=O)C(C)(C)C. The normalized spacial score (nSPS) is 16.5. The van der Waals surface area contributed by atoms with E-state index in [1.165, 1.54) is 11.2 Å². The topological polar surface area (TPSA) is 258 Å². The number of aromatic amines is 1. The zero-order valence-corrected chi connectivity index (χ0v) is 45.9. The molecule has 0 aliphatic carbocycles. The number of amides is 1. The minimum Gasteiger partial charge on any atom is -0.373 e. The lowest BCUT2D eigenvalue weighted by molar-refractivity contribution is -0.130. The molecule has 1 saturated heterocycles. The first-order valence-electron chi connectivity index (χ1n) is 21.9. The zero-order valence-electron chi connectivity index (χ0n) is 40.8. The van der Waals surface area contributed by atoms with Gasteiger partial charge in [0.15, 0.2) is 31.6 Å². The molecule has 1 fully saturated rings. The second-order valence-corrected chi connectivity index (χ2v) is 28.5. The van der Waals surface area contributed by atoms with Crippen molar-refractivity contribution in [2.24, 2.45) is 21.7 Å². The number of aromatic nitrogens is 4. The number of anilines is 1. The van der Waals surface area contributed by atoms with Crippen LogP contribution in [0.3, 0.4) is 0 Å². The number of ether oxygens (including phenoxy) is 1. The summed E-state index contributed by atoms with van der Waals surface area (Å²) in [4.78, 5) is 89.3. The number of thioether (sulfide) groups is 4. The van der Waals surface area contributed by atoms with Gasteiger partial charge in [-0.3, -0.25) is 42.9 Å². The van der Waals surface area contributed by atoms with Crippen LogP contribution in [-0.2, 0) is 55.9 Å². The van der Waals surface area contributed by atoms with Gasteiger partial charge in [0.2, 0.25) is 11.9 Å². The Labute approximate surface area is 411 Å². The van der Waals surface area contributed by atoms with E-state index in [-0.39, 0.29) is 125 Å². The van der Waals surface area contributed by atoms with Gasteiger partial charge in [-0.2, -0.15) is 4.98 Å². The van der Waals surface area contributed by atoms with Crippen molar-refractivity contribution < 1.29 is 55.9 Å². The Balaban J connectivity index is 1.81. The van der Waals surface area contributed by atoms with Crippen molar-refractivity contribution in [3.8, 4) is 0 Å². The Morgan fingerprint density at radius 1 is 0.672 bits per heavy atom. The molecule has 1 amide bonds. The summed E-state index contributed by atoms with van der Waals surface area (Å²) in [5, 5.41) is -0.248. The van der Waals surface area contributed by atoms with Crippen LogP contribution in [0.15, 0.2) is 11.1 Å². The minimum absolute atomic E-state index is 0.00803. The van der Waals surface area contributed by atoms with E-state index < -0.39 is 60.5 Å². The van der Waals surface area contributed by atoms with Gasteiger partial charge in [0.05, 0.1) is 63.8 Å². The van der Waals surface area contributed by atoms with Crippen molar-refractivity contribution in [2.45, 2.75) is 102 Å². The summed E-state index contributed by atoms with van der Waals surface area (Å²) in [5.74, 6) is 0.282. The maximum absolute atomic E-state index is 14.2. The molecule has 0 bridgehead atoms. The van der Waals surface area contributed by atoms with Crippen LogP contribution < -0.4 is 11.3 Å². The molecule has 3 rings (SSSR count). The molecule has 0 saturated carbocycles. The molecule has 1 unspecified atom stereocenters. The largest absolute Gasteiger partial charge is 0.373 e. The quantitative estimate of drug-likeness (QED) is 0.0760. The monoisotopic (exact) mass is 1060 g/mol. The lowest BCUT2D eigenvalue weighted by atomic mass is 9.99. The third-order valence-electron chi connectivity index (χ3n) is 9.56. The van der Waals surface area contributed by atoms with Crippen molar-refractivity contribution in [3.05, 3.63) is 16.7 Å². The molecular weight excluding hydrogens is 987 g/mol. The summed E-state index contributed by atoms with van der Waals surface area (Å²) < 4.78 is 59.5. The molecule has 1 aliphatic heterocycles. The van der Waals surface area contributed by atoms with Crippen molar-refractivity contribution in [1.82, 2.24) is 24.4 Å². The number of nitrogens with zero attached hydrogens (tertiary/aromatic N) is 4. The Morgan fingerprint density at radius 2 is 1.07 bits per heavy atom. The predicted octanol–water partition coefficient (Wildman–Crippen LogP) is 7.54. The highest BCUT2D eigenvalue weighted by molar-refractivity contribution is 8.14. The van der Waals surface area contributed by atoms with E-state index in [1.54, 1.807) is 87.7 Å². The van der Waals surface area contributed by atoms with Crippen molar-refractivity contribution in [2.75, 3.05) is 87.2 Å². The van der Waals surface area contributed by atoms with Gasteiger partial charge in [0, 0.05) is 64.2 Å². The summed E-state index contributed by atoms with van der Waals surface area (Å²) >= 11 is 4.21. The van der Waals surface area contributed by atoms with E-state index in [1.807, 2.05) is 0 Å². The number of nitrogens with two attached hydrogens (primary N) is 1. The second kappa shape index (κ2) is 25.4. The Morgan fingerprint density at radius 3 is 1.48 bits per heavy atom. The van der Waals surface area contributed by atoms with Crippen molar-refractivity contribution >= 4 is 106 Å². The van der Waals surface area contributed by atoms with Gasteiger partial charge in [0.1, 0.15) is 0 Å². The minimum atomic E-state index is -3.93. The molecule has 1 aliphatic rings. The number of carbonyl (C=O) groups is 5. The summed E-state index contributed by atoms with van der Waals surface area (Å²) in [7, 11) is -7.80. The number of imidazole rings is 1. The van der Waals surface area contributed by atoms with Crippen LogP contribution in [-0.4, -0.2) is 138 Å². The first kappa shape index (κ1) is 59.3. The molecule has 0 radical (unpaired) electrons. The molecule has 25 heteroatoms. The molecule has 2 aromatic rings. The molecule has 0 aromatic carbocycles. The van der Waals surface area contributed by atoms with E-state index in [0.717, 1.165) is 47.0 Å². The first-order chi connectivity index (χ1) is 30.8. The van der Waals surface area contributed by atoms with Crippen molar-refractivity contribution in [1.29, 1.82) is 0 Å². The fourth-order valence-electron chi connectivity index (χ4n) is 5.73. The highest BCUT2D eigenvalue weighted by atomic mass is 32.2. The van der Waals surface area contributed by atoms with E-state index in [4.69, 9.17) is 28.6 Å². The molecule has 380 valence electrons. The third kappa shape index (κ3) is 19.6. The van der Waals surface area contributed by atoms with E-state index in [9.17, 15) is 37.9 Å². The molecule has 3 heterocycles. The van der Waals surface area contributed by atoms with Crippen LogP contribution >= 0.6 is 62.2 Å². The maximum Gasteiger partial charge on any atom is 0.333 e. The molecule has 19 nitrogen and oxygen atoms in total. The molecule has 2 aromatic heterocycles. The smallest absolute Gasteiger partial charge is 0.333 e. The van der Waals surface area contributed by atoms with Crippen LogP contribution in [0.5, 0.6) is 0 Å². The number of nitrogens with one attached hydrogen (secondary N) is 1. The predicted molar refractivity (Wildman–Crippen MR) is 269 cm³/mol. The van der Waals surface area contributed by atoms with Gasteiger partial charge < -0.3 is 38.0 Å². The summed E-state index contributed by atoms with van der Waals surface area (Å²) in [5.41, 5.74) is 3.15. The molecule has 3 N–H and O–H groups in total. The number of hydrogen-bond acceptors (Lipinski definition) is 20. The van der Waals surface area contributed by atoms with Crippen LogP contribution in [0.25, 0.3) is 11.2 Å². The van der Waals surface area contributed by atoms with Gasteiger partial charge in [-0.05, 0) is 0 Å². The first-order valence-corrected chi connectivity index (χ1v) is 29.3. The highest BCUT2D eigenvalue weighted by Gasteiger charge is 2.40. The standard InChI is InChI=1S/C42H70N6O13P2S4/c1-39(2,3)34(51)64-21-15-58-62(55,59-16-22-65-35(52)40(4,5)6)19-13-30(49)47-25-28(48-27-44-31-32(48)45-38(43)46-33(31)50)29(26-47)57-14-20-63(56,60-17-23-66-36(53)41(7,8)9)61-18-24-67-37(54)42(10,11)12/h27-29H,13-26H2,1-12H3,(H3,43,45,46,50)/t28?,29-/m1/s1. The Kier molecular flexibility index (Phi) is 22.4. The Hall–Kier alpha value is -2.04. The third-order valence-corrected chi connectivity index (χ3v) is 18.3. The lowest BCUT2D eigenvalue weighted by Crippen LogP contribution is -2.31. The van der Waals surface area contributed by atoms with Crippen LogP contribution in [0.1, 0.15) is 95.5 Å². The fourth-order valence-corrected chi connectivity index (χ4v) is 12.3. The number of likely N-dealkylation sites (tertiary alicyclic amines) is 1. The van der Waals surface area contributed by atoms with Gasteiger partial charge in [0.25, 0.3) is 5.56 Å². The number of nitrogen functional groups attached to an aromatic ring is 1. The Bertz CT molecular complexity index is 2120. The van der Waals surface area contributed by atoms with Crippen LogP contribution in [0.2, 0.25) is 0 Å². The zero-order chi connectivity index (χ0) is 50.6. The average molecular weight is 1060 g/mol. The second-order valence-electron chi connectivity index (χ2n) is 19.8. The van der Waals surface area contributed by atoms with Crippen LogP contribution in [0.4, 0.5) is 5.95 Å². The summed E-state index contributed by atoms with van der Waals surface area (Å²) in [6.07, 6.45) is -0.172.